The summed E-state index contributed by atoms with van der Waals surface area (Å²) in [6, 6.07) is 10.7. The van der Waals surface area contributed by atoms with Crippen LogP contribution in [0.15, 0.2) is 30.3 Å². The van der Waals surface area contributed by atoms with Crippen molar-refractivity contribution in [2.75, 3.05) is 0 Å². The number of carbonyl (C=O) groups excluding carboxylic acids is 1. The second kappa shape index (κ2) is 3.07. The molecule has 0 radical (unpaired) electrons. The Balaban J connectivity index is 2.01. The van der Waals surface area contributed by atoms with Crippen LogP contribution < -0.4 is 5.32 Å². The van der Waals surface area contributed by atoms with Gasteiger partial charge in [-0.1, -0.05) is 30.3 Å². The molecule has 1 N–H and O–H groups in total. The van der Waals surface area contributed by atoms with Crippen molar-refractivity contribution in [3.05, 3.63) is 35.9 Å². The molecule has 12 heavy (non-hydrogen) atoms. The first-order valence-corrected chi connectivity index (χ1v) is 4.16. The molecule has 62 valence electrons. The average Bonchev–Trinajstić information content (AvgIpc) is 2.04. The minimum Gasteiger partial charge on any atom is -0.302 e. The summed E-state index contributed by atoms with van der Waals surface area (Å²) in [5, 5.41) is 3.18. The van der Waals surface area contributed by atoms with Crippen molar-refractivity contribution in [1.82, 2.24) is 5.32 Å². The van der Waals surface area contributed by atoms with Gasteiger partial charge in [-0.2, -0.15) is 0 Å². The lowest BCUT2D eigenvalue weighted by atomic mass is 9.92. The number of nitrogens with one attached hydrogen (secondary N) is 1. The first-order chi connectivity index (χ1) is 5.90. The molecule has 2 nitrogen and oxygen atoms in total. The van der Waals surface area contributed by atoms with Gasteiger partial charge in [0, 0.05) is 6.04 Å². The van der Waals surface area contributed by atoms with Crippen molar-refractivity contribution in [3.63, 3.8) is 0 Å². The third kappa shape index (κ3) is 1.25. The molecule has 1 fully saturated rings. The molecule has 0 aliphatic carbocycles. The standard InChI is InChI=1S/C10H11NO/c12-7-9-6-10(11-9)8-4-2-1-3-5-8/h1-5,7,9-11H,6H2/t9?,10-/m1/s1. The Morgan fingerprint density at radius 2 is 2.00 bits per heavy atom. The zero-order valence-corrected chi connectivity index (χ0v) is 6.73. The van der Waals surface area contributed by atoms with E-state index in [1.54, 1.807) is 0 Å². The molecule has 0 amide bonds. The predicted octanol–water partition coefficient (Wildman–Crippen LogP) is 1.29. The fourth-order valence-electron chi connectivity index (χ4n) is 1.50. The largest absolute Gasteiger partial charge is 0.302 e. The van der Waals surface area contributed by atoms with Gasteiger partial charge in [0.1, 0.15) is 6.29 Å². The van der Waals surface area contributed by atoms with Gasteiger partial charge >= 0.3 is 0 Å². The molecule has 0 aromatic heterocycles. The van der Waals surface area contributed by atoms with Crippen molar-refractivity contribution in [3.8, 4) is 0 Å². The molecule has 2 atom stereocenters. The lowest BCUT2D eigenvalue weighted by Gasteiger charge is -2.33. The van der Waals surface area contributed by atoms with Crippen molar-refractivity contribution >= 4 is 6.29 Å². The van der Waals surface area contributed by atoms with Crippen LogP contribution in [0.4, 0.5) is 0 Å². The maximum absolute atomic E-state index is 10.3. The first kappa shape index (κ1) is 7.50. The molecule has 1 aromatic rings. The van der Waals surface area contributed by atoms with E-state index in [4.69, 9.17) is 0 Å². The van der Waals surface area contributed by atoms with Crippen LogP contribution in [-0.2, 0) is 4.79 Å². The number of carbonyl (C=O) groups is 1. The van der Waals surface area contributed by atoms with Crippen molar-refractivity contribution in [2.45, 2.75) is 18.5 Å². The number of rotatable bonds is 2. The fourth-order valence-corrected chi connectivity index (χ4v) is 1.50. The summed E-state index contributed by atoms with van der Waals surface area (Å²) in [6.07, 6.45) is 1.91. The summed E-state index contributed by atoms with van der Waals surface area (Å²) >= 11 is 0. The van der Waals surface area contributed by atoms with Gasteiger partial charge in [-0.25, -0.2) is 0 Å². The average molecular weight is 161 g/mol. The smallest absolute Gasteiger partial charge is 0.136 e. The summed E-state index contributed by atoms with van der Waals surface area (Å²) in [5.41, 5.74) is 1.27. The molecular formula is C10H11NO. The zero-order chi connectivity index (χ0) is 8.39. The minimum atomic E-state index is 0.0789. The van der Waals surface area contributed by atoms with E-state index in [1.165, 1.54) is 5.56 Å². The van der Waals surface area contributed by atoms with Crippen LogP contribution in [0.5, 0.6) is 0 Å². The Morgan fingerprint density at radius 3 is 2.58 bits per heavy atom. The molecule has 0 bridgehead atoms. The second-order valence-corrected chi connectivity index (χ2v) is 3.11. The zero-order valence-electron chi connectivity index (χ0n) is 6.73. The van der Waals surface area contributed by atoms with Gasteiger partial charge in [0.2, 0.25) is 0 Å². The van der Waals surface area contributed by atoms with Gasteiger partial charge in [-0.05, 0) is 12.0 Å². The monoisotopic (exact) mass is 161 g/mol. The van der Waals surface area contributed by atoms with E-state index in [9.17, 15) is 4.79 Å². The summed E-state index contributed by atoms with van der Waals surface area (Å²) in [7, 11) is 0. The summed E-state index contributed by atoms with van der Waals surface area (Å²) < 4.78 is 0. The van der Waals surface area contributed by atoms with E-state index >= 15 is 0 Å². The van der Waals surface area contributed by atoms with E-state index in [2.05, 4.69) is 17.4 Å². The van der Waals surface area contributed by atoms with Gasteiger partial charge in [-0.3, -0.25) is 0 Å². The molecule has 1 aliphatic rings. The summed E-state index contributed by atoms with van der Waals surface area (Å²) in [6.45, 7) is 0. The number of hydrogen-bond donors (Lipinski definition) is 1. The van der Waals surface area contributed by atoms with Crippen molar-refractivity contribution in [2.24, 2.45) is 0 Å². The molecule has 1 saturated heterocycles. The van der Waals surface area contributed by atoms with Gasteiger partial charge in [0.15, 0.2) is 0 Å². The summed E-state index contributed by atoms with van der Waals surface area (Å²) in [5.74, 6) is 0. The van der Waals surface area contributed by atoms with Gasteiger partial charge < -0.3 is 10.1 Å². The molecule has 2 heteroatoms. The molecular weight excluding hydrogens is 150 g/mol. The quantitative estimate of drug-likeness (QED) is 0.662. The highest BCUT2D eigenvalue weighted by Gasteiger charge is 2.28. The van der Waals surface area contributed by atoms with Crippen molar-refractivity contribution in [1.29, 1.82) is 0 Å². The Kier molecular flexibility index (Phi) is 1.92. The molecule has 1 unspecified atom stereocenters. The van der Waals surface area contributed by atoms with Crippen LogP contribution in [0.3, 0.4) is 0 Å². The molecule has 0 spiro atoms. The van der Waals surface area contributed by atoms with Crippen LogP contribution in [0.25, 0.3) is 0 Å². The van der Waals surface area contributed by atoms with E-state index < -0.39 is 0 Å². The van der Waals surface area contributed by atoms with E-state index in [0.717, 1.165) is 12.7 Å². The first-order valence-electron chi connectivity index (χ1n) is 4.16. The highest BCUT2D eigenvalue weighted by molar-refractivity contribution is 5.59. The van der Waals surface area contributed by atoms with E-state index in [0.29, 0.717) is 6.04 Å². The van der Waals surface area contributed by atoms with Crippen LogP contribution in [0.1, 0.15) is 18.0 Å². The van der Waals surface area contributed by atoms with Gasteiger partial charge in [0.05, 0.1) is 6.04 Å². The van der Waals surface area contributed by atoms with Crippen LogP contribution >= 0.6 is 0 Å². The third-order valence-corrected chi connectivity index (χ3v) is 2.27. The Morgan fingerprint density at radius 1 is 1.33 bits per heavy atom. The Hall–Kier alpha value is -1.15. The molecule has 2 rings (SSSR count). The van der Waals surface area contributed by atoms with Crippen LogP contribution in [0.2, 0.25) is 0 Å². The molecule has 0 saturated carbocycles. The lowest BCUT2D eigenvalue weighted by Crippen LogP contribution is -2.46. The third-order valence-electron chi connectivity index (χ3n) is 2.27. The Labute approximate surface area is 71.6 Å². The normalized spacial score (nSPS) is 27.7. The van der Waals surface area contributed by atoms with E-state index in [1.807, 2.05) is 18.2 Å². The van der Waals surface area contributed by atoms with Crippen LogP contribution in [-0.4, -0.2) is 12.3 Å². The molecule has 1 heterocycles. The molecule has 1 aromatic carbocycles. The highest BCUT2D eigenvalue weighted by Crippen LogP contribution is 2.25. The second-order valence-electron chi connectivity index (χ2n) is 3.11. The topological polar surface area (TPSA) is 29.1 Å². The maximum atomic E-state index is 10.3. The van der Waals surface area contributed by atoms with Crippen molar-refractivity contribution < 1.29 is 4.79 Å². The number of hydrogen-bond acceptors (Lipinski definition) is 2. The highest BCUT2D eigenvalue weighted by atomic mass is 16.1. The summed E-state index contributed by atoms with van der Waals surface area (Å²) in [4.78, 5) is 10.3. The van der Waals surface area contributed by atoms with Crippen LogP contribution in [0, 0.1) is 0 Å². The minimum absolute atomic E-state index is 0.0789. The SMILES string of the molecule is O=CC1C[C@H](c2ccccc2)N1. The molecule has 1 aliphatic heterocycles. The predicted molar refractivity (Wildman–Crippen MR) is 46.8 cm³/mol. The fraction of sp³-hybridized carbons (Fsp3) is 0.300. The lowest BCUT2D eigenvalue weighted by molar-refractivity contribution is -0.111. The number of benzene rings is 1. The maximum Gasteiger partial charge on any atom is 0.136 e. The van der Waals surface area contributed by atoms with Gasteiger partial charge in [-0.15, -0.1) is 0 Å². The Bertz CT molecular complexity index is 264. The number of aldehydes is 1. The van der Waals surface area contributed by atoms with E-state index in [-0.39, 0.29) is 6.04 Å². The van der Waals surface area contributed by atoms with Gasteiger partial charge in [0.25, 0.3) is 0 Å².